The zero-order chi connectivity index (χ0) is 25.7. The number of aliphatic carboxylic acids is 1. The van der Waals surface area contributed by atoms with E-state index in [2.05, 4.69) is 15.3 Å². The van der Waals surface area contributed by atoms with E-state index in [0.717, 1.165) is 10.3 Å². The van der Waals surface area contributed by atoms with Crippen LogP contribution in [0.5, 0.6) is 0 Å². The van der Waals surface area contributed by atoms with Crippen LogP contribution in [0, 0.1) is 5.92 Å². The number of carbonyl (C=O) groups is 1. The molecule has 1 fully saturated rings. The van der Waals surface area contributed by atoms with Crippen molar-refractivity contribution >= 4 is 52.0 Å². The maximum absolute atomic E-state index is 13.4. The number of fused-ring (bicyclic) bond motifs is 1. The number of carboxylic acids is 1. The number of hydrogen-bond donors (Lipinski definition) is 2. The summed E-state index contributed by atoms with van der Waals surface area (Å²) in [5.41, 5.74) is 1.68. The first-order valence-electron chi connectivity index (χ1n) is 11.2. The molecule has 0 unspecified atom stereocenters. The average Bonchev–Trinajstić information content (AvgIpc) is 3.13. The summed E-state index contributed by atoms with van der Waals surface area (Å²) < 4.78 is 4.07. The van der Waals surface area contributed by atoms with E-state index in [0.29, 0.717) is 40.1 Å². The Bertz CT molecular complexity index is 1630. The van der Waals surface area contributed by atoms with Gasteiger partial charge in [-0.05, 0) is 42.7 Å². The van der Waals surface area contributed by atoms with Crippen molar-refractivity contribution in [3.05, 3.63) is 78.7 Å². The molecule has 0 bridgehead atoms. The molecule has 1 saturated carbocycles. The number of hydrogen-bond acceptors (Lipinski definition) is 6. The fourth-order valence-electron chi connectivity index (χ4n) is 4.45. The molecule has 10 nitrogen and oxygen atoms in total. The minimum atomic E-state index is -0.782. The van der Waals surface area contributed by atoms with Crippen molar-refractivity contribution < 1.29 is 9.90 Å². The van der Waals surface area contributed by atoms with Gasteiger partial charge in [0.25, 0.3) is 5.56 Å². The SMILES string of the molecule is Cn1c(Nc2ccnc(C3CC(C(=O)O)C3)c2)nc2c1c(=O)n(Cc1ccc(Cl)c(Cl)c1)c(=O)n2C. The first kappa shape index (κ1) is 24.1. The highest BCUT2D eigenvalue weighted by Gasteiger charge is 2.36. The van der Waals surface area contributed by atoms with Crippen molar-refractivity contribution in [2.75, 3.05) is 5.32 Å². The van der Waals surface area contributed by atoms with Gasteiger partial charge in [-0.25, -0.2) is 4.79 Å². The number of halogens is 2. The molecule has 3 heterocycles. The normalized spacial score (nSPS) is 17.2. The molecular formula is C24H22Cl2N6O4. The van der Waals surface area contributed by atoms with Crippen LogP contribution in [0.15, 0.2) is 46.1 Å². The second-order valence-corrected chi connectivity index (χ2v) is 9.76. The Morgan fingerprint density at radius 2 is 1.86 bits per heavy atom. The summed E-state index contributed by atoms with van der Waals surface area (Å²) in [4.78, 5) is 46.4. The molecule has 186 valence electrons. The van der Waals surface area contributed by atoms with Crippen molar-refractivity contribution in [3.8, 4) is 0 Å². The van der Waals surface area contributed by atoms with E-state index < -0.39 is 17.2 Å². The second kappa shape index (κ2) is 9.11. The van der Waals surface area contributed by atoms with E-state index in [-0.39, 0.29) is 29.5 Å². The number of carboxylic acid groups (broad SMARTS) is 1. The van der Waals surface area contributed by atoms with Crippen molar-refractivity contribution in [1.82, 2.24) is 23.7 Å². The van der Waals surface area contributed by atoms with Crippen molar-refractivity contribution in [2.24, 2.45) is 20.0 Å². The second-order valence-electron chi connectivity index (χ2n) is 8.95. The van der Waals surface area contributed by atoms with Crippen LogP contribution in [0.4, 0.5) is 11.6 Å². The Kier molecular flexibility index (Phi) is 6.09. The van der Waals surface area contributed by atoms with Crippen LogP contribution in [0.2, 0.25) is 10.0 Å². The van der Waals surface area contributed by atoms with Crippen LogP contribution >= 0.6 is 23.2 Å². The molecule has 0 saturated heterocycles. The van der Waals surface area contributed by atoms with Crippen LogP contribution in [-0.2, 0) is 25.4 Å². The number of rotatable bonds is 6. The van der Waals surface area contributed by atoms with Crippen molar-refractivity contribution in [1.29, 1.82) is 0 Å². The van der Waals surface area contributed by atoms with E-state index in [1.165, 1.54) is 4.57 Å². The van der Waals surface area contributed by atoms with E-state index in [9.17, 15) is 14.4 Å². The number of nitrogens with zero attached hydrogens (tertiary/aromatic N) is 5. The smallest absolute Gasteiger partial charge is 0.332 e. The molecule has 3 aromatic heterocycles. The van der Waals surface area contributed by atoms with Crippen molar-refractivity contribution in [2.45, 2.75) is 25.3 Å². The minimum Gasteiger partial charge on any atom is -0.481 e. The number of pyridine rings is 1. The van der Waals surface area contributed by atoms with Crippen LogP contribution in [0.25, 0.3) is 11.2 Å². The minimum absolute atomic E-state index is 0.0265. The highest BCUT2D eigenvalue weighted by molar-refractivity contribution is 6.42. The monoisotopic (exact) mass is 528 g/mol. The third-order valence-electron chi connectivity index (χ3n) is 6.63. The standard InChI is InChI=1S/C24H22Cl2N6O4/c1-30-19-20(31(2)24(36)32(21(19)33)11-12-3-4-16(25)17(26)7-12)29-23(30)28-15-5-6-27-18(10-15)13-8-14(9-13)22(34)35/h3-7,10,13-14H,8-9,11H2,1-2H3,(H,34,35)(H,27,28,29). The lowest BCUT2D eigenvalue weighted by atomic mass is 9.73. The van der Waals surface area contributed by atoms with Gasteiger partial charge >= 0.3 is 11.7 Å². The maximum Gasteiger partial charge on any atom is 0.332 e. The predicted molar refractivity (Wildman–Crippen MR) is 136 cm³/mol. The summed E-state index contributed by atoms with van der Waals surface area (Å²) in [6, 6.07) is 8.57. The van der Waals surface area contributed by atoms with Gasteiger partial charge in [-0.2, -0.15) is 4.98 Å². The summed E-state index contributed by atoms with van der Waals surface area (Å²) in [5, 5.41) is 13.0. The topological polar surface area (TPSA) is 124 Å². The summed E-state index contributed by atoms with van der Waals surface area (Å²) in [6.07, 6.45) is 2.76. The lowest BCUT2D eigenvalue weighted by molar-refractivity contribution is -0.145. The Morgan fingerprint density at radius 3 is 2.56 bits per heavy atom. The van der Waals surface area contributed by atoms with Gasteiger partial charge in [0.15, 0.2) is 11.2 Å². The maximum atomic E-state index is 13.4. The van der Waals surface area contributed by atoms with Gasteiger partial charge < -0.3 is 15.0 Å². The summed E-state index contributed by atoms with van der Waals surface area (Å²) >= 11 is 12.1. The highest BCUT2D eigenvalue weighted by Crippen LogP contribution is 2.41. The van der Waals surface area contributed by atoms with E-state index in [1.807, 2.05) is 6.07 Å². The Hall–Kier alpha value is -3.63. The number of aromatic nitrogens is 5. The summed E-state index contributed by atoms with van der Waals surface area (Å²) in [5.74, 6) is -0.655. The van der Waals surface area contributed by atoms with Crippen LogP contribution in [0.1, 0.15) is 30.0 Å². The van der Waals surface area contributed by atoms with Crippen LogP contribution in [0.3, 0.4) is 0 Å². The third-order valence-corrected chi connectivity index (χ3v) is 7.37. The zero-order valence-electron chi connectivity index (χ0n) is 19.4. The van der Waals surface area contributed by atoms with Gasteiger partial charge in [-0.3, -0.25) is 23.7 Å². The van der Waals surface area contributed by atoms with Crippen molar-refractivity contribution in [3.63, 3.8) is 0 Å². The van der Waals surface area contributed by atoms with Gasteiger partial charge in [0.05, 0.1) is 22.5 Å². The van der Waals surface area contributed by atoms with Crippen LogP contribution < -0.4 is 16.6 Å². The van der Waals surface area contributed by atoms with Crippen LogP contribution in [-0.4, -0.2) is 34.7 Å². The van der Waals surface area contributed by atoms with Gasteiger partial charge in [0.2, 0.25) is 5.95 Å². The van der Waals surface area contributed by atoms with Gasteiger partial charge in [-0.15, -0.1) is 0 Å². The molecule has 2 N–H and O–H groups in total. The number of nitrogens with one attached hydrogen (secondary N) is 1. The number of aryl methyl sites for hydroxylation is 2. The Morgan fingerprint density at radius 1 is 1.11 bits per heavy atom. The van der Waals surface area contributed by atoms with E-state index in [4.69, 9.17) is 28.3 Å². The first-order chi connectivity index (χ1) is 17.1. The zero-order valence-corrected chi connectivity index (χ0v) is 20.9. The van der Waals surface area contributed by atoms with Gasteiger partial charge in [0.1, 0.15) is 0 Å². The molecule has 4 aromatic rings. The largest absolute Gasteiger partial charge is 0.481 e. The fourth-order valence-corrected chi connectivity index (χ4v) is 4.78. The molecular weight excluding hydrogens is 507 g/mol. The van der Waals surface area contributed by atoms with Gasteiger partial charge in [-0.1, -0.05) is 29.3 Å². The number of benzene rings is 1. The molecule has 0 amide bonds. The van der Waals surface area contributed by atoms with Gasteiger partial charge in [0, 0.05) is 37.6 Å². The number of imidazole rings is 1. The molecule has 12 heteroatoms. The first-order valence-corrected chi connectivity index (χ1v) is 12.0. The molecule has 0 spiro atoms. The molecule has 5 rings (SSSR count). The highest BCUT2D eigenvalue weighted by atomic mass is 35.5. The fraction of sp³-hybridized carbons (Fsp3) is 0.292. The number of anilines is 2. The Labute approximate surface area is 214 Å². The Balaban J connectivity index is 1.48. The summed E-state index contributed by atoms with van der Waals surface area (Å²) in [6.45, 7) is 0.0265. The molecule has 1 aliphatic rings. The molecule has 0 radical (unpaired) electrons. The molecule has 36 heavy (non-hydrogen) atoms. The molecule has 0 aliphatic heterocycles. The quantitative estimate of drug-likeness (QED) is 0.392. The van der Waals surface area contributed by atoms with E-state index >= 15 is 0 Å². The molecule has 0 atom stereocenters. The average molecular weight is 529 g/mol. The third kappa shape index (κ3) is 4.16. The molecule has 1 aromatic carbocycles. The molecule has 1 aliphatic carbocycles. The summed E-state index contributed by atoms with van der Waals surface area (Å²) in [7, 11) is 3.25. The predicted octanol–water partition coefficient (Wildman–Crippen LogP) is 3.51. The lowest BCUT2D eigenvalue weighted by Gasteiger charge is -2.31. The van der Waals surface area contributed by atoms with E-state index in [1.54, 1.807) is 49.1 Å². The lowest BCUT2D eigenvalue weighted by Crippen LogP contribution is -2.39.